The average Bonchev–Trinajstić information content (AvgIpc) is 3.13. The first-order valence-corrected chi connectivity index (χ1v) is 12.8. The SMILES string of the molecule is COCCN1C(=O)C(=O)/C(=C(/O)c2ccc(S(=O)(=O)N3CCOCC3)cc2)C1c1ccc(Cl)cc1. The van der Waals surface area contributed by atoms with Crippen LogP contribution in [0, 0.1) is 0 Å². The Hall–Kier alpha value is -2.76. The van der Waals surface area contributed by atoms with Crippen LogP contribution < -0.4 is 0 Å². The summed E-state index contributed by atoms with van der Waals surface area (Å²) in [6.07, 6.45) is 0. The second kappa shape index (κ2) is 10.5. The summed E-state index contributed by atoms with van der Waals surface area (Å²) < 4.78 is 37.4. The van der Waals surface area contributed by atoms with Crippen molar-refractivity contribution in [3.63, 3.8) is 0 Å². The first kappa shape index (κ1) is 25.3. The number of nitrogens with zero attached hydrogens (tertiary/aromatic N) is 2. The molecular weight excluding hydrogens is 496 g/mol. The smallest absolute Gasteiger partial charge is 0.295 e. The van der Waals surface area contributed by atoms with Crippen LogP contribution in [0.3, 0.4) is 0 Å². The maximum Gasteiger partial charge on any atom is 0.295 e. The van der Waals surface area contributed by atoms with E-state index in [1.807, 2.05) is 0 Å². The molecule has 2 aromatic carbocycles. The van der Waals surface area contributed by atoms with E-state index in [0.29, 0.717) is 23.8 Å². The van der Waals surface area contributed by atoms with Crippen LogP contribution in [0.4, 0.5) is 0 Å². The van der Waals surface area contributed by atoms with Crippen molar-refractivity contribution in [2.45, 2.75) is 10.9 Å². The molecule has 1 N–H and O–H groups in total. The van der Waals surface area contributed by atoms with Gasteiger partial charge < -0.3 is 19.5 Å². The number of methoxy groups -OCH3 is 1. The molecule has 1 amide bonds. The van der Waals surface area contributed by atoms with Gasteiger partial charge in [-0.3, -0.25) is 9.59 Å². The fraction of sp³-hybridized carbons (Fsp3) is 0.333. The normalized spacial score (nSPS) is 21.0. The van der Waals surface area contributed by atoms with E-state index >= 15 is 0 Å². The van der Waals surface area contributed by atoms with Gasteiger partial charge in [0.25, 0.3) is 11.7 Å². The van der Waals surface area contributed by atoms with Crippen LogP contribution in [0.25, 0.3) is 5.76 Å². The van der Waals surface area contributed by atoms with Crippen molar-refractivity contribution in [1.29, 1.82) is 0 Å². The molecule has 186 valence electrons. The number of carbonyl (C=O) groups is 2. The number of Topliss-reactive ketones (excluding diaryl/α,β-unsaturated/α-hetero) is 1. The lowest BCUT2D eigenvalue weighted by Crippen LogP contribution is -2.40. The van der Waals surface area contributed by atoms with Gasteiger partial charge in [-0.2, -0.15) is 4.31 Å². The Morgan fingerprint density at radius 1 is 1.09 bits per heavy atom. The van der Waals surface area contributed by atoms with Crippen LogP contribution in [0.2, 0.25) is 5.02 Å². The molecule has 2 aliphatic rings. The number of likely N-dealkylation sites (tertiary alicyclic amines) is 1. The summed E-state index contributed by atoms with van der Waals surface area (Å²) in [6.45, 7) is 1.51. The third-order valence-corrected chi connectivity index (χ3v) is 8.16. The molecule has 1 atom stereocenters. The van der Waals surface area contributed by atoms with E-state index in [1.54, 1.807) is 24.3 Å². The van der Waals surface area contributed by atoms with Gasteiger partial charge in [-0.05, 0) is 42.0 Å². The summed E-state index contributed by atoms with van der Waals surface area (Å²) in [6, 6.07) is 11.4. The third kappa shape index (κ3) is 4.98. The number of aliphatic hydroxyl groups excluding tert-OH is 1. The maximum atomic E-state index is 13.0. The van der Waals surface area contributed by atoms with Crippen molar-refractivity contribution in [2.24, 2.45) is 0 Å². The number of aliphatic hydroxyl groups is 1. The molecule has 2 aliphatic heterocycles. The largest absolute Gasteiger partial charge is 0.507 e. The highest BCUT2D eigenvalue weighted by Gasteiger charge is 2.45. The minimum Gasteiger partial charge on any atom is -0.507 e. The van der Waals surface area contributed by atoms with Gasteiger partial charge in [0.2, 0.25) is 10.0 Å². The lowest BCUT2D eigenvalue weighted by Gasteiger charge is -2.26. The number of halogens is 1. The van der Waals surface area contributed by atoms with Gasteiger partial charge in [0.05, 0.1) is 36.3 Å². The first-order valence-electron chi connectivity index (χ1n) is 11.0. The molecule has 0 bridgehead atoms. The van der Waals surface area contributed by atoms with E-state index in [-0.39, 0.29) is 42.3 Å². The predicted octanol–water partition coefficient (Wildman–Crippen LogP) is 2.43. The van der Waals surface area contributed by atoms with Gasteiger partial charge in [-0.25, -0.2) is 8.42 Å². The predicted molar refractivity (Wildman–Crippen MR) is 128 cm³/mol. The zero-order valence-electron chi connectivity index (χ0n) is 19.0. The number of ether oxygens (including phenoxy) is 2. The molecule has 0 radical (unpaired) electrons. The molecule has 2 fully saturated rings. The Bertz CT molecular complexity index is 1240. The fourth-order valence-electron chi connectivity index (χ4n) is 4.17. The molecule has 9 nitrogen and oxygen atoms in total. The number of rotatable bonds is 7. The topological polar surface area (TPSA) is 113 Å². The molecule has 1 unspecified atom stereocenters. The van der Waals surface area contributed by atoms with E-state index in [0.717, 1.165) is 0 Å². The molecule has 0 aliphatic carbocycles. The summed E-state index contributed by atoms with van der Waals surface area (Å²) in [4.78, 5) is 27.2. The molecule has 0 saturated carbocycles. The quantitative estimate of drug-likeness (QED) is 0.339. The van der Waals surface area contributed by atoms with Gasteiger partial charge in [0, 0.05) is 37.3 Å². The molecule has 4 rings (SSSR count). The van der Waals surface area contributed by atoms with E-state index in [4.69, 9.17) is 21.1 Å². The number of amides is 1. The number of carbonyl (C=O) groups excluding carboxylic acids is 2. The third-order valence-electron chi connectivity index (χ3n) is 6.00. The summed E-state index contributed by atoms with van der Waals surface area (Å²) >= 11 is 6.01. The average molecular weight is 521 g/mol. The van der Waals surface area contributed by atoms with Crippen molar-refractivity contribution >= 4 is 39.1 Å². The highest BCUT2D eigenvalue weighted by molar-refractivity contribution is 7.89. The van der Waals surface area contributed by atoms with Crippen molar-refractivity contribution in [1.82, 2.24) is 9.21 Å². The summed E-state index contributed by atoms with van der Waals surface area (Å²) in [5, 5.41) is 11.6. The van der Waals surface area contributed by atoms with Gasteiger partial charge in [-0.1, -0.05) is 23.7 Å². The Morgan fingerprint density at radius 3 is 2.31 bits per heavy atom. The molecule has 0 spiro atoms. The molecular formula is C24H25ClN2O7S. The minimum atomic E-state index is -3.72. The fourth-order valence-corrected chi connectivity index (χ4v) is 5.70. The molecule has 2 saturated heterocycles. The Labute approximate surface area is 208 Å². The number of benzene rings is 2. The van der Waals surface area contributed by atoms with Crippen LogP contribution in [0.15, 0.2) is 59.0 Å². The number of morpholine rings is 1. The minimum absolute atomic E-state index is 0.0609. The van der Waals surface area contributed by atoms with Gasteiger partial charge in [0.15, 0.2) is 0 Å². The summed E-state index contributed by atoms with van der Waals surface area (Å²) in [7, 11) is -2.23. The second-order valence-corrected chi connectivity index (χ2v) is 10.5. The zero-order valence-corrected chi connectivity index (χ0v) is 20.6. The number of hydrogen-bond acceptors (Lipinski definition) is 7. The zero-order chi connectivity index (χ0) is 25.2. The van der Waals surface area contributed by atoms with E-state index in [1.165, 1.54) is 40.6 Å². The van der Waals surface area contributed by atoms with Crippen LogP contribution in [-0.4, -0.2) is 81.0 Å². The maximum absolute atomic E-state index is 13.0. The van der Waals surface area contributed by atoms with Crippen LogP contribution in [-0.2, 0) is 29.1 Å². The molecule has 0 aromatic heterocycles. The van der Waals surface area contributed by atoms with Crippen LogP contribution in [0.1, 0.15) is 17.2 Å². The lowest BCUT2D eigenvalue weighted by atomic mass is 9.95. The Balaban J connectivity index is 1.73. The summed E-state index contributed by atoms with van der Waals surface area (Å²) in [5.74, 6) is -1.97. The van der Waals surface area contributed by atoms with E-state index < -0.39 is 33.5 Å². The lowest BCUT2D eigenvalue weighted by molar-refractivity contribution is -0.140. The highest BCUT2D eigenvalue weighted by atomic mass is 35.5. The second-order valence-electron chi connectivity index (χ2n) is 8.08. The van der Waals surface area contributed by atoms with Crippen molar-refractivity contribution in [3.8, 4) is 0 Å². The van der Waals surface area contributed by atoms with Crippen molar-refractivity contribution < 1.29 is 32.6 Å². The standard InChI is InChI=1S/C24H25ClN2O7S/c1-33-13-12-27-21(16-2-6-18(25)7-3-16)20(23(29)24(27)30)22(28)17-4-8-19(9-5-17)35(31,32)26-10-14-34-15-11-26/h2-9,21,28H,10-15H2,1H3/b22-20+. The van der Waals surface area contributed by atoms with Gasteiger partial charge >= 0.3 is 0 Å². The molecule has 2 heterocycles. The Morgan fingerprint density at radius 2 is 1.71 bits per heavy atom. The van der Waals surface area contributed by atoms with Crippen LogP contribution in [0.5, 0.6) is 0 Å². The Kier molecular flexibility index (Phi) is 7.58. The first-order chi connectivity index (χ1) is 16.8. The monoisotopic (exact) mass is 520 g/mol. The van der Waals surface area contributed by atoms with Gasteiger partial charge in [0.1, 0.15) is 5.76 Å². The number of sulfonamides is 1. The molecule has 11 heteroatoms. The highest BCUT2D eigenvalue weighted by Crippen LogP contribution is 2.39. The number of hydrogen-bond donors (Lipinski definition) is 1. The molecule has 35 heavy (non-hydrogen) atoms. The van der Waals surface area contributed by atoms with Gasteiger partial charge in [-0.15, -0.1) is 0 Å². The number of ketones is 1. The molecule has 2 aromatic rings. The van der Waals surface area contributed by atoms with E-state index in [9.17, 15) is 23.1 Å². The van der Waals surface area contributed by atoms with Crippen molar-refractivity contribution in [2.75, 3.05) is 46.6 Å². The van der Waals surface area contributed by atoms with Crippen molar-refractivity contribution in [3.05, 3.63) is 70.3 Å². The van der Waals surface area contributed by atoms with E-state index in [2.05, 4.69) is 0 Å². The van der Waals surface area contributed by atoms with Crippen LogP contribution >= 0.6 is 11.6 Å². The summed E-state index contributed by atoms with van der Waals surface area (Å²) in [5.41, 5.74) is 0.726.